The van der Waals surface area contributed by atoms with E-state index in [2.05, 4.69) is 73.1 Å². The van der Waals surface area contributed by atoms with E-state index in [9.17, 15) is 0 Å². The van der Waals surface area contributed by atoms with Gasteiger partial charge in [-0.2, -0.15) is 0 Å². The molecule has 1 aromatic carbocycles. The molecule has 0 spiro atoms. The van der Waals surface area contributed by atoms with Crippen molar-refractivity contribution >= 4 is 5.69 Å². The normalized spacial score (nSPS) is 18.8. The van der Waals surface area contributed by atoms with Gasteiger partial charge in [0.2, 0.25) is 0 Å². The Labute approximate surface area is 130 Å². The maximum Gasteiger partial charge on any atom is 0.0367 e. The molecule has 1 aromatic rings. The van der Waals surface area contributed by atoms with Crippen LogP contribution in [0.2, 0.25) is 0 Å². The van der Waals surface area contributed by atoms with E-state index in [0.717, 1.165) is 19.6 Å². The highest BCUT2D eigenvalue weighted by Crippen LogP contribution is 2.17. The van der Waals surface area contributed by atoms with E-state index in [0.29, 0.717) is 6.04 Å². The Kier molecular flexibility index (Phi) is 5.65. The molecule has 1 N–H and O–H groups in total. The third-order valence-corrected chi connectivity index (χ3v) is 4.29. The standard InChI is InChI=1S/C18H31N3/c1-5-16(15-19-18(2,3)4)20-11-13-21(14-12-20)17-9-7-6-8-10-17/h6-10,16,19H,5,11-15H2,1-4H3. The van der Waals surface area contributed by atoms with Crippen LogP contribution >= 0.6 is 0 Å². The number of hydrogen-bond acceptors (Lipinski definition) is 3. The zero-order chi connectivity index (χ0) is 15.3. The average Bonchev–Trinajstić information content (AvgIpc) is 2.48. The fourth-order valence-electron chi connectivity index (χ4n) is 2.94. The highest BCUT2D eigenvalue weighted by Gasteiger charge is 2.23. The van der Waals surface area contributed by atoms with Crippen LogP contribution in [-0.2, 0) is 0 Å². The predicted octanol–water partition coefficient (Wildman–Crippen LogP) is 2.98. The summed E-state index contributed by atoms with van der Waals surface area (Å²) in [5.41, 5.74) is 1.57. The summed E-state index contributed by atoms with van der Waals surface area (Å²) < 4.78 is 0. The molecular formula is C18H31N3. The number of hydrogen-bond donors (Lipinski definition) is 1. The minimum absolute atomic E-state index is 0.208. The second-order valence-corrected chi connectivity index (χ2v) is 7.05. The molecule has 1 saturated heterocycles. The van der Waals surface area contributed by atoms with Crippen molar-refractivity contribution in [2.24, 2.45) is 0 Å². The maximum atomic E-state index is 3.66. The van der Waals surface area contributed by atoms with Gasteiger partial charge in [-0.15, -0.1) is 0 Å². The number of anilines is 1. The molecule has 3 heteroatoms. The van der Waals surface area contributed by atoms with Gasteiger partial charge in [-0.05, 0) is 39.3 Å². The van der Waals surface area contributed by atoms with Crippen molar-refractivity contribution in [1.29, 1.82) is 0 Å². The first-order valence-electron chi connectivity index (χ1n) is 8.28. The van der Waals surface area contributed by atoms with Crippen molar-refractivity contribution in [2.45, 2.75) is 45.7 Å². The monoisotopic (exact) mass is 289 g/mol. The molecule has 1 fully saturated rings. The molecule has 1 unspecified atom stereocenters. The average molecular weight is 289 g/mol. The Hall–Kier alpha value is -1.06. The van der Waals surface area contributed by atoms with Crippen molar-refractivity contribution in [3.63, 3.8) is 0 Å². The van der Waals surface area contributed by atoms with Crippen molar-refractivity contribution in [3.8, 4) is 0 Å². The molecule has 0 aliphatic carbocycles. The fourth-order valence-corrected chi connectivity index (χ4v) is 2.94. The van der Waals surface area contributed by atoms with E-state index in [1.165, 1.54) is 25.2 Å². The molecule has 0 saturated carbocycles. The van der Waals surface area contributed by atoms with Gasteiger partial charge in [-0.1, -0.05) is 25.1 Å². The number of nitrogens with one attached hydrogen (secondary N) is 1. The van der Waals surface area contributed by atoms with Crippen LogP contribution in [0.3, 0.4) is 0 Å². The van der Waals surface area contributed by atoms with Crippen LogP contribution in [0, 0.1) is 0 Å². The summed E-state index contributed by atoms with van der Waals surface area (Å²) in [6.45, 7) is 14.7. The molecule has 118 valence electrons. The lowest BCUT2D eigenvalue weighted by molar-refractivity contribution is 0.168. The second-order valence-electron chi connectivity index (χ2n) is 7.05. The topological polar surface area (TPSA) is 18.5 Å². The summed E-state index contributed by atoms with van der Waals surface area (Å²) in [4.78, 5) is 5.15. The molecule has 1 atom stereocenters. The lowest BCUT2D eigenvalue weighted by Crippen LogP contribution is -2.54. The van der Waals surface area contributed by atoms with Gasteiger partial charge in [-0.3, -0.25) is 4.90 Å². The van der Waals surface area contributed by atoms with Gasteiger partial charge in [0.15, 0.2) is 0 Å². The van der Waals surface area contributed by atoms with Gasteiger partial charge in [0, 0.05) is 50.0 Å². The summed E-state index contributed by atoms with van der Waals surface area (Å²) in [5.74, 6) is 0. The number of piperazine rings is 1. The third kappa shape index (κ3) is 5.01. The van der Waals surface area contributed by atoms with E-state index in [1.807, 2.05) is 0 Å². The number of benzene rings is 1. The van der Waals surface area contributed by atoms with Crippen LogP contribution in [0.4, 0.5) is 5.69 Å². The molecule has 0 aromatic heterocycles. The van der Waals surface area contributed by atoms with Crippen LogP contribution in [0.5, 0.6) is 0 Å². The van der Waals surface area contributed by atoms with Crippen molar-refractivity contribution < 1.29 is 0 Å². The first-order chi connectivity index (χ1) is 9.99. The minimum Gasteiger partial charge on any atom is -0.369 e. The first kappa shape index (κ1) is 16.3. The van der Waals surface area contributed by atoms with Crippen molar-refractivity contribution in [1.82, 2.24) is 10.2 Å². The van der Waals surface area contributed by atoms with Gasteiger partial charge in [0.25, 0.3) is 0 Å². The van der Waals surface area contributed by atoms with E-state index >= 15 is 0 Å². The Morgan fingerprint density at radius 2 is 1.67 bits per heavy atom. The highest BCUT2D eigenvalue weighted by atomic mass is 15.3. The molecule has 1 heterocycles. The molecule has 1 aliphatic heterocycles. The molecular weight excluding hydrogens is 258 g/mol. The fraction of sp³-hybridized carbons (Fsp3) is 0.667. The van der Waals surface area contributed by atoms with E-state index in [1.54, 1.807) is 0 Å². The number of nitrogens with zero attached hydrogens (tertiary/aromatic N) is 2. The molecule has 2 rings (SSSR count). The van der Waals surface area contributed by atoms with Crippen molar-refractivity contribution in [2.75, 3.05) is 37.6 Å². The van der Waals surface area contributed by atoms with Gasteiger partial charge in [-0.25, -0.2) is 0 Å². The summed E-state index contributed by atoms with van der Waals surface area (Å²) in [7, 11) is 0. The van der Waals surface area contributed by atoms with E-state index < -0.39 is 0 Å². The summed E-state index contributed by atoms with van der Waals surface area (Å²) in [5, 5.41) is 3.66. The molecule has 0 radical (unpaired) electrons. The van der Waals surface area contributed by atoms with Gasteiger partial charge in [0.05, 0.1) is 0 Å². The SMILES string of the molecule is CCC(CNC(C)(C)C)N1CCN(c2ccccc2)CC1. The molecule has 0 bridgehead atoms. The predicted molar refractivity (Wildman–Crippen MR) is 92.1 cm³/mol. The minimum atomic E-state index is 0.208. The highest BCUT2D eigenvalue weighted by molar-refractivity contribution is 5.46. The lowest BCUT2D eigenvalue weighted by atomic mass is 10.1. The van der Waals surface area contributed by atoms with Gasteiger partial charge >= 0.3 is 0 Å². The zero-order valence-electron chi connectivity index (χ0n) is 14.1. The Morgan fingerprint density at radius 3 is 2.19 bits per heavy atom. The van der Waals surface area contributed by atoms with Gasteiger partial charge < -0.3 is 10.2 Å². The quantitative estimate of drug-likeness (QED) is 0.899. The summed E-state index contributed by atoms with van der Waals surface area (Å²) >= 11 is 0. The molecule has 1 aliphatic rings. The zero-order valence-corrected chi connectivity index (χ0v) is 14.1. The van der Waals surface area contributed by atoms with Gasteiger partial charge in [0.1, 0.15) is 0 Å². The first-order valence-corrected chi connectivity index (χ1v) is 8.28. The van der Waals surface area contributed by atoms with Crippen LogP contribution in [-0.4, -0.2) is 49.2 Å². The van der Waals surface area contributed by atoms with Crippen LogP contribution in [0.1, 0.15) is 34.1 Å². The second kappa shape index (κ2) is 7.28. The number of rotatable bonds is 5. The maximum absolute atomic E-state index is 3.66. The molecule has 0 amide bonds. The third-order valence-electron chi connectivity index (χ3n) is 4.29. The summed E-state index contributed by atoms with van der Waals surface area (Å²) in [6.07, 6.45) is 1.22. The Bertz CT molecular complexity index is 402. The van der Waals surface area contributed by atoms with E-state index in [-0.39, 0.29) is 5.54 Å². The lowest BCUT2D eigenvalue weighted by Gasteiger charge is -2.41. The van der Waals surface area contributed by atoms with Crippen molar-refractivity contribution in [3.05, 3.63) is 30.3 Å². The van der Waals surface area contributed by atoms with Crippen LogP contribution in [0.25, 0.3) is 0 Å². The Morgan fingerprint density at radius 1 is 1.05 bits per heavy atom. The van der Waals surface area contributed by atoms with Crippen LogP contribution in [0.15, 0.2) is 30.3 Å². The number of para-hydroxylation sites is 1. The summed E-state index contributed by atoms with van der Waals surface area (Å²) in [6, 6.07) is 11.4. The van der Waals surface area contributed by atoms with Crippen LogP contribution < -0.4 is 10.2 Å². The molecule has 3 nitrogen and oxygen atoms in total. The van der Waals surface area contributed by atoms with E-state index in [4.69, 9.17) is 0 Å². The Balaban J connectivity index is 1.84. The molecule has 21 heavy (non-hydrogen) atoms. The smallest absolute Gasteiger partial charge is 0.0367 e. The largest absolute Gasteiger partial charge is 0.369 e.